The van der Waals surface area contributed by atoms with Gasteiger partial charge in [0.25, 0.3) is 0 Å². The minimum absolute atomic E-state index is 0.430. The number of fused-ring (bicyclic) bond motifs is 3. The maximum absolute atomic E-state index is 3.29. The third-order valence-corrected chi connectivity index (χ3v) is 9.38. The Morgan fingerprint density at radius 1 is 0.857 bits per heavy atom. The van der Waals surface area contributed by atoms with Crippen LogP contribution in [0.15, 0.2) is 157 Å². The van der Waals surface area contributed by atoms with Crippen molar-refractivity contribution in [2.24, 2.45) is 5.92 Å². The highest BCUT2D eigenvalue weighted by molar-refractivity contribution is 5.82. The van der Waals surface area contributed by atoms with Gasteiger partial charge in [-0.3, -0.25) is 0 Å². The largest absolute Gasteiger partial charge is 0.317 e. The van der Waals surface area contributed by atoms with Gasteiger partial charge in [0.1, 0.15) is 0 Å². The average molecular weight is 650 g/mol. The molecule has 1 heteroatoms. The van der Waals surface area contributed by atoms with E-state index < -0.39 is 0 Å². The minimum Gasteiger partial charge on any atom is -0.317 e. The molecule has 3 aromatic rings. The first-order valence-corrected chi connectivity index (χ1v) is 18.9. The minimum atomic E-state index is 0.430. The number of hydrogen-bond donors (Lipinski definition) is 1. The first kappa shape index (κ1) is 37.6. The zero-order chi connectivity index (χ0) is 34.5. The molecule has 49 heavy (non-hydrogen) atoms. The van der Waals surface area contributed by atoms with E-state index in [4.69, 9.17) is 0 Å². The molecule has 0 aliphatic heterocycles. The molecule has 0 bridgehead atoms. The van der Waals surface area contributed by atoms with Crippen LogP contribution in [0.25, 0.3) is 16.7 Å². The summed E-state index contributed by atoms with van der Waals surface area (Å²) in [6.45, 7) is 10.4. The Morgan fingerprint density at radius 2 is 1.67 bits per heavy atom. The molecule has 0 saturated heterocycles. The Morgan fingerprint density at radius 3 is 2.51 bits per heavy atom. The number of unbranched alkanes of at least 4 members (excludes halogenated alkanes) is 1. The Kier molecular flexibility index (Phi) is 16.7. The number of allylic oxidation sites excluding steroid dienone is 14. The fourth-order valence-electron chi connectivity index (χ4n) is 6.81. The quantitative estimate of drug-likeness (QED) is 0.138. The van der Waals surface area contributed by atoms with Crippen LogP contribution in [0.4, 0.5) is 0 Å². The van der Waals surface area contributed by atoms with E-state index in [1.807, 2.05) is 26.8 Å². The first-order chi connectivity index (χ1) is 24.3. The van der Waals surface area contributed by atoms with Crippen LogP contribution in [-0.4, -0.2) is 13.1 Å². The van der Waals surface area contributed by atoms with Gasteiger partial charge in [0.15, 0.2) is 0 Å². The number of hydrogen-bond acceptors (Lipinski definition) is 1. The number of nitrogens with one attached hydrogen (secondary N) is 1. The van der Waals surface area contributed by atoms with Gasteiger partial charge in [-0.1, -0.05) is 172 Å². The van der Waals surface area contributed by atoms with Crippen LogP contribution in [0.3, 0.4) is 0 Å². The molecule has 0 radical (unpaired) electrons. The SMILES string of the molecule is C/C=C\C=C/CCCNCC.C1=CC(c2cccc(-c3ccccc3)c2)CC(C2C=C3C(=CC2)CCC/C=C\Cc2ccccc23)=C1.CC. The van der Waals surface area contributed by atoms with Crippen molar-refractivity contribution in [3.63, 3.8) is 0 Å². The van der Waals surface area contributed by atoms with Gasteiger partial charge in [-0.05, 0) is 110 Å². The predicted octanol–water partition coefficient (Wildman–Crippen LogP) is 13.2. The summed E-state index contributed by atoms with van der Waals surface area (Å²) in [4.78, 5) is 0. The summed E-state index contributed by atoms with van der Waals surface area (Å²) in [5.41, 5.74) is 11.5. The van der Waals surface area contributed by atoms with Crippen molar-refractivity contribution in [2.45, 2.75) is 85.0 Å². The second kappa shape index (κ2) is 21.7. The Hall–Kier alpha value is -4.20. The maximum Gasteiger partial charge on any atom is 0.00588 e. The molecule has 2 atom stereocenters. The van der Waals surface area contributed by atoms with Gasteiger partial charge < -0.3 is 5.32 Å². The summed E-state index contributed by atoms with van der Waals surface area (Å²) in [5.74, 6) is 0.902. The van der Waals surface area contributed by atoms with Crippen LogP contribution in [0.2, 0.25) is 0 Å². The van der Waals surface area contributed by atoms with Gasteiger partial charge in [-0.2, -0.15) is 0 Å². The van der Waals surface area contributed by atoms with E-state index in [2.05, 4.69) is 152 Å². The molecule has 0 heterocycles. The molecule has 3 aliphatic carbocycles. The Bertz CT molecular complexity index is 1620. The molecule has 2 unspecified atom stereocenters. The van der Waals surface area contributed by atoms with Gasteiger partial charge in [0, 0.05) is 11.8 Å². The second-order valence-electron chi connectivity index (χ2n) is 12.8. The molecular formula is C48H59N. The lowest BCUT2D eigenvalue weighted by atomic mass is 9.76. The second-order valence-corrected chi connectivity index (χ2v) is 12.8. The molecule has 0 fully saturated rings. The highest BCUT2D eigenvalue weighted by Crippen LogP contribution is 2.41. The first-order valence-electron chi connectivity index (χ1n) is 18.9. The van der Waals surface area contributed by atoms with E-state index in [9.17, 15) is 0 Å². The zero-order valence-electron chi connectivity index (χ0n) is 30.6. The van der Waals surface area contributed by atoms with Gasteiger partial charge in [-0.25, -0.2) is 0 Å². The zero-order valence-corrected chi connectivity index (χ0v) is 30.6. The lowest BCUT2D eigenvalue weighted by Gasteiger charge is -2.29. The van der Waals surface area contributed by atoms with Gasteiger partial charge >= 0.3 is 0 Å². The predicted molar refractivity (Wildman–Crippen MR) is 217 cm³/mol. The molecule has 1 nitrogen and oxygen atoms in total. The van der Waals surface area contributed by atoms with Crippen molar-refractivity contribution >= 4 is 5.57 Å². The standard InChI is InChI=1S/C36H34.C10H19N.C2H6/c1-2-5-15-29-22-23-34(26-36(29)35-21-9-8-16-28(35)14-4-1)33-20-11-19-32(25-33)31-18-10-17-30(24-31)27-12-6-3-7-13-27;1-3-5-6-7-8-9-10-11-4-2;1-2/h1,3-4,6-13,16-22,24,26,32,34H,2,5,14-15,23,25H2;3,5-7,11H,4,8-10H2,1-2H3;1-2H3/b4-1-;5-3-,7-6-;. The van der Waals surface area contributed by atoms with E-state index in [-0.39, 0.29) is 0 Å². The summed E-state index contributed by atoms with van der Waals surface area (Å²) < 4.78 is 0. The van der Waals surface area contributed by atoms with E-state index in [0.717, 1.165) is 32.4 Å². The third-order valence-electron chi connectivity index (χ3n) is 9.38. The van der Waals surface area contributed by atoms with Crippen molar-refractivity contribution in [3.05, 3.63) is 174 Å². The Balaban J connectivity index is 0.000000358. The fraction of sp³-hybridized carbons (Fsp3) is 0.333. The summed E-state index contributed by atoms with van der Waals surface area (Å²) in [5, 5.41) is 3.29. The van der Waals surface area contributed by atoms with Crippen LogP contribution in [0, 0.1) is 5.92 Å². The molecule has 3 aliphatic rings. The molecule has 256 valence electrons. The highest BCUT2D eigenvalue weighted by Gasteiger charge is 2.24. The van der Waals surface area contributed by atoms with E-state index in [0.29, 0.717) is 11.8 Å². The molecule has 0 saturated carbocycles. The number of benzene rings is 3. The van der Waals surface area contributed by atoms with Crippen LogP contribution in [0.5, 0.6) is 0 Å². The fourth-order valence-corrected chi connectivity index (χ4v) is 6.81. The summed E-state index contributed by atoms with van der Waals surface area (Å²) in [7, 11) is 0. The molecule has 3 aromatic carbocycles. The van der Waals surface area contributed by atoms with Gasteiger partial charge in [0.05, 0.1) is 0 Å². The van der Waals surface area contributed by atoms with Crippen molar-refractivity contribution in [2.75, 3.05) is 13.1 Å². The topological polar surface area (TPSA) is 12.0 Å². The highest BCUT2D eigenvalue weighted by atomic mass is 14.8. The number of rotatable bonds is 9. The van der Waals surface area contributed by atoms with Crippen LogP contribution in [0.1, 0.15) is 95.2 Å². The molecular weight excluding hydrogens is 591 g/mol. The molecule has 6 rings (SSSR count). The summed E-state index contributed by atoms with van der Waals surface area (Å²) in [6, 6.07) is 28.9. The lowest BCUT2D eigenvalue weighted by molar-refractivity contribution is 0.670. The van der Waals surface area contributed by atoms with Crippen molar-refractivity contribution in [1.82, 2.24) is 5.32 Å². The van der Waals surface area contributed by atoms with Crippen molar-refractivity contribution < 1.29 is 0 Å². The van der Waals surface area contributed by atoms with Crippen molar-refractivity contribution in [3.8, 4) is 11.1 Å². The summed E-state index contributed by atoms with van der Waals surface area (Å²) in [6.07, 6.45) is 34.6. The van der Waals surface area contributed by atoms with Crippen LogP contribution >= 0.6 is 0 Å². The van der Waals surface area contributed by atoms with E-state index in [1.54, 1.807) is 11.1 Å². The molecule has 0 amide bonds. The van der Waals surface area contributed by atoms with Gasteiger partial charge in [0.2, 0.25) is 0 Å². The normalized spacial score (nSPS) is 19.2. The molecule has 0 spiro atoms. The molecule has 1 N–H and O–H groups in total. The van der Waals surface area contributed by atoms with Crippen LogP contribution < -0.4 is 5.32 Å². The summed E-state index contributed by atoms with van der Waals surface area (Å²) >= 11 is 0. The monoisotopic (exact) mass is 649 g/mol. The Labute approximate surface area is 298 Å². The van der Waals surface area contributed by atoms with Gasteiger partial charge in [-0.15, -0.1) is 0 Å². The lowest BCUT2D eigenvalue weighted by Crippen LogP contribution is -2.13. The van der Waals surface area contributed by atoms with Crippen molar-refractivity contribution in [1.29, 1.82) is 0 Å². The maximum atomic E-state index is 3.29. The molecule has 0 aromatic heterocycles. The smallest absolute Gasteiger partial charge is 0.00588 e. The average Bonchev–Trinajstić information content (AvgIpc) is 3.18. The van der Waals surface area contributed by atoms with E-state index in [1.165, 1.54) is 65.5 Å². The third kappa shape index (κ3) is 11.7. The van der Waals surface area contributed by atoms with Crippen LogP contribution in [-0.2, 0) is 6.42 Å². The van der Waals surface area contributed by atoms with E-state index >= 15 is 0 Å².